The van der Waals surface area contributed by atoms with Crippen molar-refractivity contribution in [2.24, 2.45) is 0 Å². The van der Waals surface area contributed by atoms with Crippen LogP contribution in [0.5, 0.6) is 0 Å². The smallest absolute Gasteiger partial charge is 0.0520 e. The number of aromatic nitrogens is 1. The van der Waals surface area contributed by atoms with E-state index in [1.165, 1.54) is 40.6 Å². The normalized spacial score (nSPS) is 15.1. The number of hydrogen-bond acceptors (Lipinski definition) is 0. The fourth-order valence-electron chi connectivity index (χ4n) is 3.33. The van der Waals surface area contributed by atoms with E-state index < -0.39 is 0 Å². The van der Waals surface area contributed by atoms with Crippen LogP contribution in [0.25, 0.3) is 16.5 Å². The number of benzene rings is 1. The third-order valence-electron chi connectivity index (χ3n) is 4.07. The average molecular weight is 239 g/mol. The van der Waals surface area contributed by atoms with E-state index in [9.17, 15) is 0 Å². The van der Waals surface area contributed by atoms with Crippen LogP contribution in [-0.2, 0) is 6.42 Å². The lowest BCUT2D eigenvalue weighted by Gasteiger charge is -2.19. The second-order valence-electron chi connectivity index (χ2n) is 5.69. The molecule has 0 aliphatic heterocycles. The zero-order chi connectivity index (χ0) is 12.9. The van der Waals surface area contributed by atoms with Crippen molar-refractivity contribution in [1.29, 1.82) is 0 Å². The lowest BCUT2D eigenvalue weighted by Crippen LogP contribution is -2.08. The summed E-state index contributed by atoms with van der Waals surface area (Å²) in [5.74, 6) is 0. The summed E-state index contributed by atoms with van der Waals surface area (Å²) in [6, 6.07) is 7.22. The Balaban J connectivity index is 2.49. The number of hydrogen-bond donors (Lipinski definition) is 0. The third-order valence-corrected chi connectivity index (χ3v) is 4.07. The summed E-state index contributed by atoms with van der Waals surface area (Å²) < 4.78 is 2.53. The van der Waals surface area contributed by atoms with Gasteiger partial charge in [0.2, 0.25) is 0 Å². The first-order chi connectivity index (χ1) is 8.61. The van der Waals surface area contributed by atoms with Crippen LogP contribution in [0.1, 0.15) is 50.1 Å². The fraction of sp³-hybridized carbons (Fsp3) is 0.412. The lowest BCUT2D eigenvalue weighted by molar-refractivity contribution is 0.611. The molecule has 2 aromatic rings. The van der Waals surface area contributed by atoms with Crippen LogP contribution >= 0.6 is 0 Å². The van der Waals surface area contributed by atoms with Crippen LogP contribution < -0.4 is 0 Å². The van der Waals surface area contributed by atoms with Gasteiger partial charge in [-0.05, 0) is 57.2 Å². The molecule has 1 nitrogen and oxygen atoms in total. The predicted octanol–water partition coefficient (Wildman–Crippen LogP) is 4.88. The molecule has 1 heteroatoms. The Morgan fingerprint density at radius 3 is 2.67 bits per heavy atom. The standard InChI is InChI=1S/C17H21N/c1-11(2)18-16-12(3)7-5-9-14(16)15-10-6-8-13(4)17(15)18/h5,7-9,11H,6,10H2,1-4H3. The van der Waals surface area contributed by atoms with Gasteiger partial charge >= 0.3 is 0 Å². The first kappa shape index (κ1) is 11.6. The summed E-state index contributed by atoms with van der Waals surface area (Å²) in [5.41, 5.74) is 7.30. The molecular weight excluding hydrogens is 218 g/mol. The molecule has 1 aliphatic carbocycles. The second-order valence-corrected chi connectivity index (χ2v) is 5.69. The second kappa shape index (κ2) is 4.01. The highest BCUT2D eigenvalue weighted by atomic mass is 15.0. The van der Waals surface area contributed by atoms with E-state index in [-0.39, 0.29) is 0 Å². The van der Waals surface area contributed by atoms with Crippen molar-refractivity contribution in [3.63, 3.8) is 0 Å². The molecule has 1 heterocycles. The molecule has 0 N–H and O–H groups in total. The van der Waals surface area contributed by atoms with Crippen molar-refractivity contribution < 1.29 is 0 Å². The van der Waals surface area contributed by atoms with E-state index in [2.05, 4.69) is 56.5 Å². The quantitative estimate of drug-likeness (QED) is 0.668. The first-order valence-electron chi connectivity index (χ1n) is 6.90. The van der Waals surface area contributed by atoms with Crippen molar-refractivity contribution in [2.45, 2.75) is 46.6 Å². The van der Waals surface area contributed by atoms with Crippen LogP contribution in [0, 0.1) is 6.92 Å². The van der Waals surface area contributed by atoms with Gasteiger partial charge in [0.15, 0.2) is 0 Å². The van der Waals surface area contributed by atoms with Gasteiger partial charge in [0.1, 0.15) is 0 Å². The first-order valence-corrected chi connectivity index (χ1v) is 6.90. The highest BCUT2D eigenvalue weighted by Gasteiger charge is 2.22. The van der Waals surface area contributed by atoms with E-state index in [0.29, 0.717) is 6.04 Å². The molecule has 0 spiro atoms. The molecule has 0 atom stereocenters. The minimum absolute atomic E-state index is 0.513. The van der Waals surface area contributed by atoms with Gasteiger partial charge in [0.25, 0.3) is 0 Å². The van der Waals surface area contributed by atoms with E-state index in [1.807, 2.05) is 0 Å². The Bertz CT molecular complexity index is 641. The summed E-state index contributed by atoms with van der Waals surface area (Å²) in [4.78, 5) is 0. The van der Waals surface area contributed by atoms with Crippen LogP contribution in [-0.4, -0.2) is 4.57 Å². The Morgan fingerprint density at radius 2 is 1.94 bits per heavy atom. The van der Waals surface area contributed by atoms with Gasteiger partial charge in [-0.2, -0.15) is 0 Å². The molecule has 0 unspecified atom stereocenters. The topological polar surface area (TPSA) is 4.93 Å². The molecule has 18 heavy (non-hydrogen) atoms. The molecule has 94 valence electrons. The molecule has 0 saturated carbocycles. The van der Waals surface area contributed by atoms with Crippen molar-refractivity contribution in [1.82, 2.24) is 4.57 Å². The zero-order valence-corrected chi connectivity index (χ0v) is 11.7. The summed E-state index contributed by atoms with van der Waals surface area (Å²) in [6.07, 6.45) is 4.76. The minimum Gasteiger partial charge on any atom is -0.338 e. The Morgan fingerprint density at radius 1 is 1.17 bits per heavy atom. The van der Waals surface area contributed by atoms with Gasteiger partial charge < -0.3 is 4.57 Å². The van der Waals surface area contributed by atoms with Gasteiger partial charge in [0, 0.05) is 17.1 Å². The number of aryl methyl sites for hydroxylation is 2. The molecule has 3 rings (SSSR count). The monoisotopic (exact) mass is 239 g/mol. The SMILES string of the molecule is CC1=CCCc2c1n(C(C)C)c1c(C)cccc21. The van der Waals surface area contributed by atoms with Crippen LogP contribution in [0.4, 0.5) is 0 Å². The molecule has 1 aromatic heterocycles. The molecule has 0 saturated heterocycles. The summed E-state index contributed by atoms with van der Waals surface area (Å²) in [6.45, 7) is 9.05. The Kier molecular flexibility index (Phi) is 2.58. The fourth-order valence-corrected chi connectivity index (χ4v) is 3.33. The molecular formula is C17H21N. The highest BCUT2D eigenvalue weighted by Crippen LogP contribution is 2.38. The summed E-state index contributed by atoms with van der Waals surface area (Å²) in [5, 5.41) is 1.46. The third kappa shape index (κ3) is 1.46. The number of rotatable bonds is 1. The van der Waals surface area contributed by atoms with Crippen molar-refractivity contribution in [2.75, 3.05) is 0 Å². The largest absolute Gasteiger partial charge is 0.338 e. The van der Waals surface area contributed by atoms with Crippen LogP contribution in [0.15, 0.2) is 24.3 Å². The average Bonchev–Trinajstić information content (AvgIpc) is 2.67. The van der Waals surface area contributed by atoms with Crippen molar-refractivity contribution >= 4 is 16.5 Å². The Labute approximate surface area is 109 Å². The highest BCUT2D eigenvalue weighted by molar-refractivity contribution is 5.92. The molecule has 1 aliphatic rings. The maximum Gasteiger partial charge on any atom is 0.0520 e. The number of nitrogens with zero attached hydrogens (tertiary/aromatic N) is 1. The molecule has 0 fully saturated rings. The summed E-state index contributed by atoms with van der Waals surface area (Å²) in [7, 11) is 0. The maximum absolute atomic E-state index is 2.53. The van der Waals surface area contributed by atoms with E-state index >= 15 is 0 Å². The summed E-state index contributed by atoms with van der Waals surface area (Å²) >= 11 is 0. The molecule has 0 amide bonds. The number of fused-ring (bicyclic) bond motifs is 3. The maximum atomic E-state index is 2.53. The van der Waals surface area contributed by atoms with Crippen LogP contribution in [0.2, 0.25) is 0 Å². The molecule has 1 aromatic carbocycles. The van der Waals surface area contributed by atoms with E-state index in [0.717, 1.165) is 0 Å². The lowest BCUT2D eigenvalue weighted by atomic mass is 9.95. The van der Waals surface area contributed by atoms with Gasteiger partial charge in [-0.3, -0.25) is 0 Å². The van der Waals surface area contributed by atoms with Crippen molar-refractivity contribution in [3.8, 4) is 0 Å². The number of allylic oxidation sites excluding steroid dienone is 2. The van der Waals surface area contributed by atoms with E-state index in [4.69, 9.17) is 0 Å². The zero-order valence-electron chi connectivity index (χ0n) is 11.7. The minimum atomic E-state index is 0.513. The Hall–Kier alpha value is -1.50. The van der Waals surface area contributed by atoms with Crippen molar-refractivity contribution in [3.05, 3.63) is 41.1 Å². The molecule has 0 radical (unpaired) electrons. The predicted molar refractivity (Wildman–Crippen MR) is 79.0 cm³/mol. The molecule has 0 bridgehead atoms. The van der Waals surface area contributed by atoms with Gasteiger partial charge in [0.05, 0.1) is 5.52 Å². The number of para-hydroxylation sites is 1. The van der Waals surface area contributed by atoms with Crippen LogP contribution in [0.3, 0.4) is 0 Å². The van der Waals surface area contributed by atoms with Gasteiger partial charge in [-0.25, -0.2) is 0 Å². The van der Waals surface area contributed by atoms with Gasteiger partial charge in [-0.15, -0.1) is 0 Å². The van der Waals surface area contributed by atoms with E-state index in [1.54, 1.807) is 5.56 Å². The van der Waals surface area contributed by atoms with Gasteiger partial charge in [-0.1, -0.05) is 24.3 Å².